The Hall–Kier alpha value is -3.06. The largest absolute Gasteiger partial charge is 0.416 e. The molecule has 1 fully saturated rings. The van der Waals surface area contributed by atoms with Crippen LogP contribution in [0.5, 0.6) is 0 Å². The molecule has 0 unspecified atom stereocenters. The van der Waals surface area contributed by atoms with Crippen molar-refractivity contribution >= 4 is 28.5 Å². The van der Waals surface area contributed by atoms with Gasteiger partial charge in [0, 0.05) is 12.3 Å². The number of rotatable bonds is 4. The topological polar surface area (TPSA) is 32.7 Å². The SMILES string of the molecule is O=C(C(c1ccccc1)c1ccccc1)N1CCCSC1=Nc1cccc(C(F)(F)F)c1. The highest BCUT2D eigenvalue weighted by molar-refractivity contribution is 8.13. The van der Waals surface area contributed by atoms with Gasteiger partial charge in [0.05, 0.1) is 17.2 Å². The van der Waals surface area contributed by atoms with Crippen molar-refractivity contribution < 1.29 is 18.0 Å². The molecule has 1 heterocycles. The van der Waals surface area contributed by atoms with Gasteiger partial charge in [0.15, 0.2) is 5.17 Å². The van der Waals surface area contributed by atoms with E-state index in [0.717, 1.165) is 35.4 Å². The molecule has 3 aromatic carbocycles. The molecule has 4 rings (SSSR count). The Morgan fingerprint density at radius 1 is 0.906 bits per heavy atom. The Bertz CT molecular complexity index is 1060. The first kappa shape index (κ1) is 22.1. The maximum absolute atomic E-state index is 13.8. The predicted octanol–water partition coefficient (Wildman–Crippen LogP) is 6.49. The van der Waals surface area contributed by atoms with Gasteiger partial charge in [-0.3, -0.25) is 9.69 Å². The number of halogens is 3. The second-order valence-corrected chi connectivity index (χ2v) is 8.45. The summed E-state index contributed by atoms with van der Waals surface area (Å²) in [5.41, 5.74) is 1.14. The summed E-state index contributed by atoms with van der Waals surface area (Å²) in [6.45, 7) is 0.472. The smallest absolute Gasteiger partial charge is 0.290 e. The average molecular weight is 455 g/mol. The first-order chi connectivity index (χ1) is 15.4. The van der Waals surface area contributed by atoms with Crippen LogP contribution in [0.2, 0.25) is 0 Å². The number of carbonyl (C=O) groups is 1. The van der Waals surface area contributed by atoms with Crippen LogP contribution < -0.4 is 0 Å². The molecule has 0 aromatic heterocycles. The lowest BCUT2D eigenvalue weighted by Crippen LogP contribution is -2.42. The van der Waals surface area contributed by atoms with E-state index >= 15 is 0 Å². The quantitative estimate of drug-likeness (QED) is 0.451. The van der Waals surface area contributed by atoms with Crippen molar-refractivity contribution in [2.24, 2.45) is 4.99 Å². The fraction of sp³-hybridized carbons (Fsp3) is 0.200. The molecule has 3 aromatic rings. The van der Waals surface area contributed by atoms with Crippen molar-refractivity contribution in [3.8, 4) is 0 Å². The van der Waals surface area contributed by atoms with Crippen molar-refractivity contribution in [1.29, 1.82) is 0 Å². The van der Waals surface area contributed by atoms with Crippen LogP contribution >= 0.6 is 11.8 Å². The van der Waals surface area contributed by atoms with Crippen molar-refractivity contribution in [2.45, 2.75) is 18.5 Å². The molecule has 0 aliphatic carbocycles. The molecular weight excluding hydrogens is 433 g/mol. The average Bonchev–Trinajstić information content (AvgIpc) is 2.81. The lowest BCUT2D eigenvalue weighted by atomic mass is 9.90. The molecular formula is C25H21F3N2OS. The molecule has 1 saturated heterocycles. The zero-order valence-corrected chi connectivity index (χ0v) is 17.9. The van der Waals surface area contributed by atoms with E-state index in [4.69, 9.17) is 0 Å². The van der Waals surface area contributed by atoms with E-state index in [1.165, 1.54) is 23.9 Å². The zero-order chi connectivity index (χ0) is 22.6. The van der Waals surface area contributed by atoms with Gasteiger partial charge in [0.2, 0.25) is 5.91 Å². The van der Waals surface area contributed by atoms with Crippen LogP contribution in [0.1, 0.15) is 29.0 Å². The molecule has 3 nitrogen and oxygen atoms in total. The monoisotopic (exact) mass is 454 g/mol. The number of hydrogen-bond acceptors (Lipinski definition) is 3. The number of carbonyl (C=O) groups excluding carboxylic acids is 1. The number of amides is 1. The minimum atomic E-state index is -4.45. The third kappa shape index (κ3) is 5.05. The standard InChI is InChI=1S/C25H21F3N2OS/c26-25(27,28)20-13-7-14-21(17-20)29-24-30(15-8-16-32-24)23(31)22(18-9-3-1-4-10-18)19-11-5-2-6-12-19/h1-7,9-14,17,22H,8,15-16H2. The normalized spacial score (nSPS) is 15.9. The molecule has 1 amide bonds. The Labute approximate surface area is 189 Å². The van der Waals surface area contributed by atoms with Crippen molar-refractivity contribution in [3.63, 3.8) is 0 Å². The van der Waals surface area contributed by atoms with Gasteiger partial charge in [0.25, 0.3) is 0 Å². The maximum Gasteiger partial charge on any atom is 0.416 e. The Kier molecular flexibility index (Phi) is 6.65. The Morgan fingerprint density at radius 2 is 1.53 bits per heavy atom. The summed E-state index contributed by atoms with van der Waals surface area (Å²) in [4.78, 5) is 19.8. The second-order valence-electron chi connectivity index (χ2n) is 7.39. The van der Waals surface area contributed by atoms with Gasteiger partial charge >= 0.3 is 6.18 Å². The number of hydrogen-bond donors (Lipinski definition) is 0. The van der Waals surface area contributed by atoms with E-state index in [0.29, 0.717) is 11.7 Å². The lowest BCUT2D eigenvalue weighted by molar-refractivity contribution is -0.137. The fourth-order valence-electron chi connectivity index (χ4n) is 3.64. The number of nitrogens with zero attached hydrogens (tertiary/aromatic N) is 2. The number of thioether (sulfide) groups is 1. The summed E-state index contributed by atoms with van der Waals surface area (Å²) in [7, 11) is 0. The van der Waals surface area contributed by atoms with Gasteiger partial charge in [-0.1, -0.05) is 78.5 Å². The first-order valence-electron chi connectivity index (χ1n) is 10.2. The summed E-state index contributed by atoms with van der Waals surface area (Å²) in [5, 5.41) is 0.428. The molecule has 7 heteroatoms. The number of alkyl halides is 3. The van der Waals surface area contributed by atoms with Crippen molar-refractivity contribution in [2.75, 3.05) is 12.3 Å². The summed E-state index contributed by atoms with van der Waals surface area (Å²) < 4.78 is 39.3. The Morgan fingerprint density at radius 3 is 2.12 bits per heavy atom. The highest BCUT2D eigenvalue weighted by atomic mass is 32.2. The molecule has 0 radical (unpaired) electrons. The van der Waals surface area contributed by atoms with Crippen LogP contribution in [-0.2, 0) is 11.0 Å². The van der Waals surface area contributed by atoms with E-state index in [-0.39, 0.29) is 11.6 Å². The molecule has 164 valence electrons. The van der Waals surface area contributed by atoms with E-state index in [2.05, 4.69) is 4.99 Å². The first-order valence-corrected chi connectivity index (χ1v) is 11.2. The predicted molar refractivity (Wildman–Crippen MR) is 122 cm³/mol. The summed E-state index contributed by atoms with van der Waals surface area (Å²) in [5.74, 6) is 0.0891. The van der Waals surface area contributed by atoms with Crippen LogP contribution in [0.15, 0.2) is 89.9 Å². The van der Waals surface area contributed by atoms with Gasteiger partial charge < -0.3 is 0 Å². The van der Waals surface area contributed by atoms with E-state index in [1.54, 1.807) is 4.90 Å². The number of amidine groups is 1. The van der Waals surface area contributed by atoms with Crippen LogP contribution in [-0.4, -0.2) is 28.3 Å². The summed E-state index contributed by atoms with van der Waals surface area (Å²) in [6, 6.07) is 23.9. The molecule has 0 N–H and O–H groups in total. The third-order valence-corrected chi connectivity index (χ3v) is 6.23. The molecule has 0 bridgehead atoms. The Balaban J connectivity index is 1.71. The second kappa shape index (κ2) is 9.61. The fourth-order valence-corrected chi connectivity index (χ4v) is 4.61. The van der Waals surface area contributed by atoms with Crippen LogP contribution in [0.25, 0.3) is 0 Å². The molecule has 1 aliphatic heterocycles. The van der Waals surface area contributed by atoms with Crippen LogP contribution in [0, 0.1) is 0 Å². The summed E-state index contributed by atoms with van der Waals surface area (Å²) >= 11 is 1.39. The van der Waals surface area contributed by atoms with Crippen molar-refractivity contribution in [1.82, 2.24) is 4.90 Å². The van der Waals surface area contributed by atoms with Gasteiger partial charge in [-0.2, -0.15) is 13.2 Å². The highest BCUT2D eigenvalue weighted by Crippen LogP contribution is 2.34. The van der Waals surface area contributed by atoms with Gasteiger partial charge in [-0.25, -0.2) is 4.99 Å². The summed E-state index contributed by atoms with van der Waals surface area (Å²) in [6.07, 6.45) is -3.66. The van der Waals surface area contributed by atoms with Crippen LogP contribution in [0.3, 0.4) is 0 Å². The van der Waals surface area contributed by atoms with E-state index in [1.807, 2.05) is 60.7 Å². The van der Waals surface area contributed by atoms with Gasteiger partial charge in [-0.05, 0) is 35.7 Å². The van der Waals surface area contributed by atoms with Gasteiger partial charge in [0.1, 0.15) is 0 Å². The number of benzene rings is 3. The van der Waals surface area contributed by atoms with Crippen LogP contribution in [0.4, 0.5) is 18.9 Å². The van der Waals surface area contributed by atoms with Gasteiger partial charge in [-0.15, -0.1) is 0 Å². The molecule has 0 atom stereocenters. The minimum Gasteiger partial charge on any atom is -0.290 e. The maximum atomic E-state index is 13.8. The minimum absolute atomic E-state index is 0.139. The molecule has 32 heavy (non-hydrogen) atoms. The molecule has 1 aliphatic rings. The third-order valence-electron chi connectivity index (χ3n) is 5.17. The highest BCUT2D eigenvalue weighted by Gasteiger charge is 2.33. The van der Waals surface area contributed by atoms with E-state index < -0.39 is 17.7 Å². The zero-order valence-electron chi connectivity index (χ0n) is 17.1. The van der Waals surface area contributed by atoms with E-state index in [9.17, 15) is 18.0 Å². The molecule has 0 spiro atoms. The number of aliphatic imine (C=N–C) groups is 1. The lowest BCUT2D eigenvalue weighted by Gasteiger charge is -2.31. The van der Waals surface area contributed by atoms with Crippen molar-refractivity contribution in [3.05, 3.63) is 102 Å². The molecule has 0 saturated carbocycles.